The molecule has 2 aromatic rings. The Hall–Kier alpha value is -1.91. The molecule has 2 aromatic carbocycles. The van der Waals surface area contributed by atoms with E-state index in [0.717, 1.165) is 31.8 Å². The molecule has 0 N–H and O–H groups in total. The lowest BCUT2D eigenvalue weighted by atomic mass is 9.74. The van der Waals surface area contributed by atoms with E-state index in [9.17, 15) is 4.39 Å². The minimum atomic E-state index is -1.96. The fourth-order valence-electron chi connectivity index (χ4n) is 4.83. The lowest BCUT2D eigenvalue weighted by Crippen LogP contribution is -2.42. The zero-order valence-electron chi connectivity index (χ0n) is 19.6. The molecule has 166 valence electrons. The average Bonchev–Trinajstić information content (AvgIpc) is 3.11. The zero-order valence-corrected chi connectivity index (χ0v) is 20.6. The van der Waals surface area contributed by atoms with Crippen LogP contribution in [0.1, 0.15) is 44.2 Å². The van der Waals surface area contributed by atoms with E-state index < -0.39 is 8.32 Å². The summed E-state index contributed by atoms with van der Waals surface area (Å²) in [6, 6.07) is 17.9. The number of likely N-dealkylation sites (tertiary alicyclic amines) is 1. The summed E-state index contributed by atoms with van der Waals surface area (Å²) in [6.07, 6.45) is 3.42. The molecule has 2 nitrogen and oxygen atoms in total. The maximum atomic E-state index is 13.7. The number of nitrogens with zero attached hydrogens (tertiary/aromatic N) is 1. The lowest BCUT2D eigenvalue weighted by molar-refractivity contribution is 0.256. The van der Waals surface area contributed by atoms with E-state index in [4.69, 9.17) is 4.43 Å². The molecule has 1 aliphatic carbocycles. The van der Waals surface area contributed by atoms with E-state index in [1.165, 1.54) is 11.1 Å². The van der Waals surface area contributed by atoms with Crippen molar-refractivity contribution in [1.82, 2.24) is 4.90 Å². The van der Waals surface area contributed by atoms with Crippen molar-refractivity contribution in [3.8, 4) is 0 Å². The third kappa shape index (κ3) is 4.80. The predicted octanol–water partition coefficient (Wildman–Crippen LogP) is 6.97. The van der Waals surface area contributed by atoms with E-state index >= 15 is 0 Å². The first kappa shape index (κ1) is 22.3. The van der Waals surface area contributed by atoms with Crippen LogP contribution in [0.2, 0.25) is 18.1 Å². The Morgan fingerprint density at radius 3 is 2.32 bits per heavy atom. The Balaban J connectivity index is 1.61. The molecule has 0 saturated carbocycles. The highest BCUT2D eigenvalue weighted by molar-refractivity contribution is 6.74. The second-order valence-electron chi connectivity index (χ2n) is 10.8. The molecule has 0 aromatic heterocycles. The Morgan fingerprint density at radius 1 is 1.00 bits per heavy atom. The summed E-state index contributed by atoms with van der Waals surface area (Å²) in [6.45, 7) is 14.7. The molecule has 0 unspecified atom stereocenters. The monoisotopic (exact) mass is 437 g/mol. The summed E-state index contributed by atoms with van der Waals surface area (Å²) < 4.78 is 20.6. The highest BCUT2D eigenvalue weighted by atomic mass is 28.4. The first-order chi connectivity index (χ1) is 14.6. The Bertz CT molecular complexity index is 917. The van der Waals surface area contributed by atoms with Gasteiger partial charge in [0.1, 0.15) is 5.82 Å². The Labute approximate surface area is 188 Å². The van der Waals surface area contributed by atoms with Crippen LogP contribution in [0.3, 0.4) is 0 Å². The third-order valence-electron chi connectivity index (χ3n) is 7.58. The molecule has 4 heteroatoms. The van der Waals surface area contributed by atoms with E-state index in [2.05, 4.69) is 75.2 Å². The van der Waals surface area contributed by atoms with Gasteiger partial charge in [-0.2, -0.15) is 0 Å². The summed E-state index contributed by atoms with van der Waals surface area (Å²) in [5, 5.41) is 0.146. The van der Waals surface area contributed by atoms with Crippen LogP contribution in [0.15, 0.2) is 66.4 Å². The van der Waals surface area contributed by atoms with Crippen LogP contribution in [0.4, 0.5) is 4.39 Å². The summed E-state index contributed by atoms with van der Waals surface area (Å²) >= 11 is 0. The van der Waals surface area contributed by atoms with Gasteiger partial charge in [-0.3, -0.25) is 4.90 Å². The predicted molar refractivity (Wildman–Crippen MR) is 129 cm³/mol. The van der Waals surface area contributed by atoms with E-state index in [1.54, 1.807) is 12.1 Å². The van der Waals surface area contributed by atoms with Gasteiger partial charge in [0.15, 0.2) is 0 Å². The minimum Gasteiger partial charge on any atom is -0.546 e. The molecule has 3 atom stereocenters. The quantitative estimate of drug-likeness (QED) is 0.468. The minimum absolute atomic E-state index is 0.146. The van der Waals surface area contributed by atoms with Crippen LogP contribution in [-0.2, 0) is 11.0 Å². The number of hydrogen-bond acceptors (Lipinski definition) is 2. The molecule has 1 saturated heterocycles. The van der Waals surface area contributed by atoms with Crippen LogP contribution < -0.4 is 0 Å². The van der Waals surface area contributed by atoms with Gasteiger partial charge in [-0.15, -0.1) is 0 Å². The molecular weight excluding hydrogens is 401 g/mol. The van der Waals surface area contributed by atoms with Gasteiger partial charge in [0.2, 0.25) is 8.32 Å². The van der Waals surface area contributed by atoms with Gasteiger partial charge < -0.3 is 4.43 Å². The van der Waals surface area contributed by atoms with Crippen LogP contribution >= 0.6 is 0 Å². The summed E-state index contributed by atoms with van der Waals surface area (Å²) in [4.78, 5) is 2.59. The van der Waals surface area contributed by atoms with Crippen molar-refractivity contribution in [1.29, 1.82) is 0 Å². The highest BCUT2D eigenvalue weighted by Crippen LogP contribution is 2.49. The molecular formula is C27H36FNOSi. The zero-order chi connectivity index (χ0) is 22.2. The Kier molecular flexibility index (Phi) is 6.15. The number of fused-ring (bicyclic) bond motifs is 1. The molecule has 0 spiro atoms. The summed E-state index contributed by atoms with van der Waals surface area (Å²) in [7, 11) is -1.96. The van der Waals surface area contributed by atoms with Crippen molar-refractivity contribution in [2.75, 3.05) is 13.1 Å². The molecule has 0 amide bonds. The summed E-state index contributed by atoms with van der Waals surface area (Å²) in [5.41, 5.74) is 2.55. The van der Waals surface area contributed by atoms with Gasteiger partial charge in [0.05, 0.1) is 5.76 Å². The molecule has 1 aliphatic heterocycles. The van der Waals surface area contributed by atoms with Crippen molar-refractivity contribution in [3.63, 3.8) is 0 Å². The Morgan fingerprint density at radius 2 is 1.68 bits per heavy atom. The first-order valence-corrected chi connectivity index (χ1v) is 14.5. The normalized spacial score (nSPS) is 24.6. The average molecular weight is 438 g/mol. The molecule has 0 bridgehead atoms. The lowest BCUT2D eigenvalue weighted by Gasteiger charge is -2.42. The van der Waals surface area contributed by atoms with Gasteiger partial charge in [0, 0.05) is 25.6 Å². The number of halogens is 1. The maximum absolute atomic E-state index is 13.7. The van der Waals surface area contributed by atoms with Crippen molar-refractivity contribution in [2.45, 2.75) is 57.8 Å². The standard InChI is InChI=1S/C27H36FNOSi/c1-27(2,3)31(4,5)30-25-16-13-22-18-29(17-20-9-7-6-8-10-20)19-24(22)26(25)21-11-14-23(28)15-12-21/h6-12,14-16,22,24,26H,13,17-19H2,1-5H3/t22-,24+,26-/m1/s1. The number of hydrogen-bond donors (Lipinski definition) is 0. The molecule has 1 fully saturated rings. The SMILES string of the molecule is CC(C)(C)[Si](C)(C)OC1=CC[C@@H]2CN(Cc3ccccc3)C[C@@H]2[C@H]1c1ccc(F)cc1. The molecule has 1 heterocycles. The molecule has 0 radical (unpaired) electrons. The molecule has 31 heavy (non-hydrogen) atoms. The van der Waals surface area contributed by atoms with Crippen LogP contribution in [0.25, 0.3) is 0 Å². The fourth-order valence-corrected chi connectivity index (χ4v) is 5.93. The maximum Gasteiger partial charge on any atom is 0.250 e. The van der Waals surface area contributed by atoms with Crippen molar-refractivity contribution in [3.05, 3.63) is 83.4 Å². The van der Waals surface area contributed by atoms with Crippen molar-refractivity contribution in [2.24, 2.45) is 11.8 Å². The summed E-state index contributed by atoms with van der Waals surface area (Å²) in [5.74, 6) is 2.27. The molecule has 4 rings (SSSR count). The smallest absolute Gasteiger partial charge is 0.250 e. The second-order valence-corrected chi connectivity index (χ2v) is 15.6. The number of rotatable bonds is 5. The van der Waals surface area contributed by atoms with Gasteiger partial charge in [0.25, 0.3) is 0 Å². The topological polar surface area (TPSA) is 12.5 Å². The van der Waals surface area contributed by atoms with Crippen molar-refractivity contribution >= 4 is 8.32 Å². The van der Waals surface area contributed by atoms with E-state index in [1.807, 2.05) is 12.1 Å². The fraction of sp³-hybridized carbons (Fsp3) is 0.481. The molecule has 2 aliphatic rings. The first-order valence-electron chi connectivity index (χ1n) is 11.5. The van der Waals surface area contributed by atoms with E-state index in [0.29, 0.717) is 11.8 Å². The highest BCUT2D eigenvalue weighted by Gasteiger charge is 2.46. The van der Waals surface area contributed by atoms with Crippen molar-refractivity contribution < 1.29 is 8.82 Å². The van der Waals surface area contributed by atoms with Crippen LogP contribution in [0.5, 0.6) is 0 Å². The van der Waals surface area contributed by atoms with Gasteiger partial charge in [-0.1, -0.05) is 63.2 Å². The third-order valence-corrected chi connectivity index (χ3v) is 11.9. The largest absolute Gasteiger partial charge is 0.546 e. The number of benzene rings is 2. The second kappa shape index (κ2) is 8.55. The van der Waals surface area contributed by atoms with Gasteiger partial charge >= 0.3 is 0 Å². The van der Waals surface area contributed by atoms with Gasteiger partial charge in [-0.05, 0) is 65.7 Å². The van der Waals surface area contributed by atoms with Gasteiger partial charge in [-0.25, -0.2) is 4.39 Å². The van der Waals surface area contributed by atoms with Crippen LogP contribution in [-0.4, -0.2) is 26.3 Å². The number of allylic oxidation sites excluding steroid dienone is 2. The van der Waals surface area contributed by atoms with E-state index in [-0.39, 0.29) is 16.8 Å². The van der Waals surface area contributed by atoms with Crippen LogP contribution in [0, 0.1) is 17.7 Å².